The van der Waals surface area contributed by atoms with Crippen LogP contribution in [0.25, 0.3) is 11.1 Å². The molecular formula is C22H23ClN4O2S. The van der Waals surface area contributed by atoms with Crippen molar-refractivity contribution in [2.24, 2.45) is 0 Å². The molecule has 1 aromatic carbocycles. The molecule has 0 spiro atoms. The molecule has 0 radical (unpaired) electrons. The number of nitrogens with one attached hydrogen (secondary N) is 2. The van der Waals surface area contributed by atoms with Gasteiger partial charge in [0.15, 0.2) is 5.82 Å². The van der Waals surface area contributed by atoms with E-state index in [0.717, 1.165) is 34.6 Å². The molecule has 1 amide bonds. The van der Waals surface area contributed by atoms with Crippen molar-refractivity contribution in [1.29, 1.82) is 0 Å². The number of rotatable bonds is 7. The Morgan fingerprint density at radius 1 is 1.23 bits per heavy atom. The van der Waals surface area contributed by atoms with Crippen LogP contribution in [0.15, 0.2) is 42.7 Å². The van der Waals surface area contributed by atoms with Crippen molar-refractivity contribution in [1.82, 2.24) is 20.5 Å². The van der Waals surface area contributed by atoms with E-state index in [0.29, 0.717) is 28.8 Å². The van der Waals surface area contributed by atoms with Crippen molar-refractivity contribution in [2.45, 2.75) is 38.6 Å². The van der Waals surface area contributed by atoms with Crippen molar-refractivity contribution in [2.75, 3.05) is 6.61 Å². The van der Waals surface area contributed by atoms with Crippen LogP contribution in [-0.2, 0) is 10.3 Å². The molecule has 156 valence electrons. The maximum absolute atomic E-state index is 13.2. The molecule has 4 rings (SSSR count). The predicted octanol–water partition coefficient (Wildman–Crippen LogP) is 5.04. The molecule has 0 bridgehead atoms. The minimum atomic E-state index is -0.575. The highest BCUT2D eigenvalue weighted by atomic mass is 35.5. The Morgan fingerprint density at radius 2 is 2.03 bits per heavy atom. The van der Waals surface area contributed by atoms with Gasteiger partial charge in [0.25, 0.3) is 5.91 Å². The van der Waals surface area contributed by atoms with Crippen LogP contribution < -0.4 is 10.1 Å². The van der Waals surface area contributed by atoms with Crippen LogP contribution in [0.4, 0.5) is 0 Å². The van der Waals surface area contributed by atoms with Gasteiger partial charge < -0.3 is 10.1 Å². The van der Waals surface area contributed by atoms with E-state index in [1.165, 1.54) is 17.7 Å². The van der Waals surface area contributed by atoms with Crippen LogP contribution in [0.1, 0.15) is 49.4 Å². The number of amides is 1. The Hall–Kier alpha value is -2.64. The number of carbonyl (C=O) groups is 1. The molecular weight excluding hydrogens is 420 g/mol. The maximum Gasteiger partial charge on any atom is 0.256 e. The van der Waals surface area contributed by atoms with E-state index in [4.69, 9.17) is 16.3 Å². The minimum absolute atomic E-state index is 0.191. The first-order valence-corrected chi connectivity index (χ1v) is 11.1. The number of hydrogen-bond donors (Lipinski definition) is 2. The molecule has 3 aromatic rings. The van der Waals surface area contributed by atoms with E-state index in [-0.39, 0.29) is 5.91 Å². The van der Waals surface area contributed by atoms with E-state index in [1.807, 2.05) is 43.3 Å². The lowest BCUT2D eigenvalue weighted by Crippen LogP contribution is -2.47. The van der Waals surface area contributed by atoms with Crippen LogP contribution in [-0.4, -0.2) is 27.7 Å². The number of thiophene rings is 1. The molecule has 1 aliphatic rings. The Morgan fingerprint density at radius 3 is 2.67 bits per heavy atom. The second kappa shape index (κ2) is 8.62. The highest BCUT2D eigenvalue weighted by molar-refractivity contribution is 7.17. The SMILES string of the molecule is CCCCOc1ccc(C2(C)CC(c3ccc(Cl)s3)=C(c3ncn[nH]3)C(=O)N2)cc1. The van der Waals surface area contributed by atoms with Crippen LogP contribution in [0.2, 0.25) is 4.34 Å². The summed E-state index contributed by atoms with van der Waals surface area (Å²) in [5.41, 5.74) is 1.84. The monoisotopic (exact) mass is 442 g/mol. The third-order valence-electron chi connectivity index (χ3n) is 5.23. The minimum Gasteiger partial charge on any atom is -0.494 e. The second-order valence-corrected chi connectivity index (χ2v) is 9.20. The second-order valence-electron chi connectivity index (χ2n) is 7.48. The molecule has 0 saturated carbocycles. The molecule has 1 aliphatic heterocycles. The summed E-state index contributed by atoms with van der Waals surface area (Å²) in [6, 6.07) is 11.7. The third kappa shape index (κ3) is 4.13. The smallest absolute Gasteiger partial charge is 0.256 e. The summed E-state index contributed by atoms with van der Waals surface area (Å²) in [7, 11) is 0. The van der Waals surface area contributed by atoms with Crippen molar-refractivity contribution in [3.63, 3.8) is 0 Å². The van der Waals surface area contributed by atoms with Crippen molar-refractivity contribution < 1.29 is 9.53 Å². The summed E-state index contributed by atoms with van der Waals surface area (Å²) in [5, 5.41) is 9.90. The molecule has 1 atom stereocenters. The summed E-state index contributed by atoms with van der Waals surface area (Å²) in [4.78, 5) is 18.4. The van der Waals surface area contributed by atoms with Gasteiger partial charge in [0.2, 0.25) is 0 Å². The maximum atomic E-state index is 13.2. The Labute approximate surface area is 184 Å². The summed E-state index contributed by atoms with van der Waals surface area (Å²) < 4.78 is 6.45. The third-order valence-corrected chi connectivity index (χ3v) is 6.52. The van der Waals surface area contributed by atoms with Gasteiger partial charge in [-0.1, -0.05) is 37.1 Å². The van der Waals surface area contributed by atoms with E-state index in [2.05, 4.69) is 27.4 Å². The first kappa shape index (κ1) is 20.6. The zero-order valence-corrected chi connectivity index (χ0v) is 18.4. The Kier molecular flexibility index (Phi) is 5.92. The average Bonchev–Trinajstić information content (AvgIpc) is 3.40. The zero-order valence-electron chi connectivity index (χ0n) is 16.9. The van der Waals surface area contributed by atoms with Gasteiger partial charge >= 0.3 is 0 Å². The lowest BCUT2D eigenvalue weighted by molar-refractivity contribution is -0.117. The molecule has 6 nitrogen and oxygen atoms in total. The van der Waals surface area contributed by atoms with E-state index < -0.39 is 5.54 Å². The number of carbonyl (C=O) groups excluding carboxylic acids is 1. The van der Waals surface area contributed by atoms with E-state index >= 15 is 0 Å². The first-order valence-electron chi connectivity index (χ1n) is 9.90. The quantitative estimate of drug-likeness (QED) is 0.502. The number of benzene rings is 1. The van der Waals surface area contributed by atoms with Crippen LogP contribution in [0, 0.1) is 0 Å². The summed E-state index contributed by atoms with van der Waals surface area (Å²) >= 11 is 7.64. The lowest BCUT2D eigenvalue weighted by Gasteiger charge is -2.37. The molecule has 0 fully saturated rings. The van der Waals surface area contributed by atoms with Gasteiger partial charge in [-0.25, -0.2) is 4.98 Å². The number of halogens is 1. The molecule has 3 heterocycles. The van der Waals surface area contributed by atoms with Gasteiger partial charge in [0.1, 0.15) is 12.1 Å². The largest absolute Gasteiger partial charge is 0.494 e. The summed E-state index contributed by atoms with van der Waals surface area (Å²) in [6.45, 7) is 4.87. The highest BCUT2D eigenvalue weighted by Crippen LogP contribution is 2.43. The molecule has 0 aliphatic carbocycles. The van der Waals surface area contributed by atoms with Crippen LogP contribution in [0.3, 0.4) is 0 Å². The van der Waals surface area contributed by atoms with Crippen molar-refractivity contribution in [3.8, 4) is 5.75 Å². The number of aromatic nitrogens is 3. The van der Waals surface area contributed by atoms with Gasteiger partial charge in [0.05, 0.1) is 22.1 Å². The van der Waals surface area contributed by atoms with Gasteiger partial charge in [-0.3, -0.25) is 9.89 Å². The first-order chi connectivity index (χ1) is 14.5. The number of hydrogen-bond acceptors (Lipinski definition) is 5. The standard InChI is InChI=1S/C22H23ClN4O2S/c1-3-4-11-29-15-7-5-14(6-8-15)22(2)12-16(17-9-10-18(23)30-17)19(21(28)26-22)20-24-13-25-27-20/h5-10,13H,3-4,11-12H2,1-2H3,(H,26,28)(H,24,25,27). The predicted molar refractivity (Wildman–Crippen MR) is 119 cm³/mol. The van der Waals surface area contributed by atoms with Gasteiger partial charge in [-0.05, 0) is 48.7 Å². The molecule has 30 heavy (non-hydrogen) atoms. The fraction of sp³-hybridized carbons (Fsp3) is 0.318. The highest BCUT2D eigenvalue weighted by Gasteiger charge is 2.39. The normalized spacial score (nSPS) is 19.1. The zero-order chi connectivity index (χ0) is 21.1. The number of ether oxygens (including phenoxy) is 1. The van der Waals surface area contributed by atoms with Crippen molar-refractivity contribution in [3.05, 3.63) is 63.3 Å². The number of nitrogens with zero attached hydrogens (tertiary/aromatic N) is 2. The van der Waals surface area contributed by atoms with Crippen LogP contribution >= 0.6 is 22.9 Å². The molecule has 2 N–H and O–H groups in total. The van der Waals surface area contributed by atoms with Gasteiger partial charge in [0, 0.05) is 11.3 Å². The lowest BCUT2D eigenvalue weighted by atomic mass is 9.80. The number of aromatic amines is 1. The fourth-order valence-electron chi connectivity index (χ4n) is 3.63. The van der Waals surface area contributed by atoms with Gasteiger partial charge in [-0.2, -0.15) is 5.10 Å². The van der Waals surface area contributed by atoms with Crippen LogP contribution in [0.5, 0.6) is 5.75 Å². The topological polar surface area (TPSA) is 79.9 Å². The number of H-pyrrole nitrogens is 1. The fourth-order valence-corrected chi connectivity index (χ4v) is 4.72. The Bertz CT molecular complexity index is 1060. The van der Waals surface area contributed by atoms with Gasteiger partial charge in [-0.15, -0.1) is 11.3 Å². The Balaban J connectivity index is 1.69. The summed E-state index contributed by atoms with van der Waals surface area (Å²) in [6.07, 6.45) is 4.12. The summed E-state index contributed by atoms with van der Waals surface area (Å²) in [5.74, 6) is 1.10. The average molecular weight is 443 g/mol. The van der Waals surface area contributed by atoms with E-state index in [9.17, 15) is 4.79 Å². The number of unbranched alkanes of at least 4 members (excludes halogenated alkanes) is 1. The van der Waals surface area contributed by atoms with Crippen molar-refractivity contribution >= 4 is 40.0 Å². The van der Waals surface area contributed by atoms with E-state index in [1.54, 1.807) is 0 Å². The molecule has 8 heteroatoms. The molecule has 2 aromatic heterocycles. The molecule has 0 saturated heterocycles. The molecule has 1 unspecified atom stereocenters.